The number of alkyl halides is 6. The summed E-state index contributed by atoms with van der Waals surface area (Å²) in [5.74, 6) is -0.314. The first-order valence-electron chi connectivity index (χ1n) is 11.9. The number of carbonyl (C=O) groups is 2. The number of piperazine rings is 1. The summed E-state index contributed by atoms with van der Waals surface area (Å²) in [5, 5.41) is 4.93. The molecule has 4 rings (SSSR count). The molecule has 1 fully saturated rings. The molecule has 10 nitrogen and oxygen atoms in total. The summed E-state index contributed by atoms with van der Waals surface area (Å²) in [5.41, 5.74) is -0.651. The minimum atomic E-state index is -4.84. The number of carbonyl (C=O) groups excluding carboxylic acids is 2. The number of pyridine rings is 1. The van der Waals surface area contributed by atoms with Crippen LogP contribution in [0.4, 0.5) is 48.5 Å². The zero-order valence-electron chi connectivity index (χ0n) is 20.9. The molecule has 40 heavy (non-hydrogen) atoms. The van der Waals surface area contributed by atoms with Crippen molar-refractivity contribution in [3.8, 4) is 5.75 Å². The molecule has 3 aromatic rings. The highest BCUT2D eigenvalue weighted by atomic mass is 19.4. The molecule has 214 valence electrons. The lowest BCUT2D eigenvalue weighted by Crippen LogP contribution is -2.49. The van der Waals surface area contributed by atoms with Gasteiger partial charge < -0.3 is 24.4 Å². The Kier molecular flexibility index (Phi) is 8.06. The largest absolute Gasteiger partial charge is 0.573 e. The van der Waals surface area contributed by atoms with Gasteiger partial charge in [-0.15, -0.1) is 13.2 Å². The van der Waals surface area contributed by atoms with Gasteiger partial charge in [0.25, 0.3) is 5.91 Å². The fraction of sp³-hybridized carbons (Fsp3) is 0.333. The summed E-state index contributed by atoms with van der Waals surface area (Å²) >= 11 is 0. The number of urea groups is 1. The number of aryl methyl sites for hydroxylation is 1. The molecule has 0 bridgehead atoms. The number of amides is 3. The number of nitrogens with one attached hydrogen (secondary N) is 2. The molecule has 1 aliphatic rings. The van der Waals surface area contributed by atoms with Crippen LogP contribution in [0.1, 0.15) is 23.1 Å². The van der Waals surface area contributed by atoms with Crippen LogP contribution in [0.2, 0.25) is 0 Å². The van der Waals surface area contributed by atoms with E-state index in [0.29, 0.717) is 25.5 Å². The second-order valence-electron chi connectivity index (χ2n) is 8.57. The number of hydrogen-bond acceptors (Lipinski definition) is 6. The number of aromatic nitrogens is 3. The Bertz CT molecular complexity index is 1330. The number of hydrogen-bond donors (Lipinski definition) is 2. The van der Waals surface area contributed by atoms with Crippen molar-refractivity contribution in [3.63, 3.8) is 0 Å². The van der Waals surface area contributed by atoms with E-state index in [1.54, 1.807) is 21.3 Å². The molecule has 0 aliphatic carbocycles. The molecule has 3 heterocycles. The molecular formula is C24H23F6N7O3. The predicted octanol–water partition coefficient (Wildman–Crippen LogP) is 4.82. The van der Waals surface area contributed by atoms with E-state index in [9.17, 15) is 35.9 Å². The smallest absolute Gasteiger partial charge is 0.406 e. The number of ether oxygens (including phenoxy) is 1. The van der Waals surface area contributed by atoms with Crippen LogP contribution >= 0.6 is 0 Å². The van der Waals surface area contributed by atoms with Gasteiger partial charge in [-0.1, -0.05) is 0 Å². The van der Waals surface area contributed by atoms with Crippen molar-refractivity contribution in [1.29, 1.82) is 0 Å². The van der Waals surface area contributed by atoms with E-state index in [1.807, 2.05) is 0 Å². The van der Waals surface area contributed by atoms with Crippen LogP contribution in [0.25, 0.3) is 0 Å². The first kappa shape index (κ1) is 28.5. The third-order valence-electron chi connectivity index (χ3n) is 5.86. The van der Waals surface area contributed by atoms with Crippen LogP contribution in [0.5, 0.6) is 5.75 Å². The van der Waals surface area contributed by atoms with E-state index < -0.39 is 35.8 Å². The van der Waals surface area contributed by atoms with Gasteiger partial charge in [0, 0.05) is 50.8 Å². The van der Waals surface area contributed by atoms with E-state index in [-0.39, 0.29) is 30.4 Å². The quantitative estimate of drug-likeness (QED) is 0.411. The fourth-order valence-corrected chi connectivity index (χ4v) is 3.93. The number of rotatable bonds is 6. The van der Waals surface area contributed by atoms with Crippen LogP contribution < -0.4 is 20.3 Å². The van der Waals surface area contributed by atoms with Gasteiger partial charge in [0.1, 0.15) is 11.6 Å². The average molecular weight is 571 g/mol. The molecule has 1 saturated heterocycles. The standard InChI is InChI=1S/C24H23F6N7O3/c1-2-35-14-18(34-22(39)32-16-4-6-17(7-5-16)40-24(28,29)30)33-20(35)21(38)37-11-9-36(10-12-37)19-8-3-15(13-31-19)23(25,26)27/h3-8,13-14H,2,9-12H2,1H3,(H2,32,34,39). The molecule has 1 aliphatic heterocycles. The summed E-state index contributed by atoms with van der Waals surface area (Å²) in [6, 6.07) is 6.04. The normalized spacial score (nSPS) is 14.2. The Balaban J connectivity index is 1.34. The third-order valence-corrected chi connectivity index (χ3v) is 5.86. The highest BCUT2D eigenvalue weighted by molar-refractivity contribution is 6.00. The van der Waals surface area contributed by atoms with Crippen LogP contribution in [-0.4, -0.2) is 63.9 Å². The van der Waals surface area contributed by atoms with Gasteiger partial charge in [-0.2, -0.15) is 13.2 Å². The lowest BCUT2D eigenvalue weighted by molar-refractivity contribution is -0.274. The van der Waals surface area contributed by atoms with Gasteiger partial charge in [0.15, 0.2) is 5.82 Å². The minimum Gasteiger partial charge on any atom is -0.406 e. The topological polar surface area (TPSA) is 105 Å². The molecule has 1 aromatic carbocycles. The van der Waals surface area contributed by atoms with E-state index in [2.05, 4.69) is 25.3 Å². The summed E-state index contributed by atoms with van der Waals surface area (Å²) < 4.78 is 80.6. The molecule has 3 amide bonds. The monoisotopic (exact) mass is 571 g/mol. The number of imidazole rings is 1. The van der Waals surface area contributed by atoms with Gasteiger partial charge in [-0.3, -0.25) is 10.1 Å². The van der Waals surface area contributed by atoms with E-state index in [1.165, 1.54) is 24.4 Å². The molecule has 0 spiro atoms. The molecule has 0 radical (unpaired) electrons. The molecular weight excluding hydrogens is 548 g/mol. The first-order valence-corrected chi connectivity index (χ1v) is 11.9. The summed E-state index contributed by atoms with van der Waals surface area (Å²) in [7, 11) is 0. The van der Waals surface area contributed by atoms with Crippen LogP contribution in [0.15, 0.2) is 48.8 Å². The molecule has 0 saturated carbocycles. The van der Waals surface area contributed by atoms with Crippen LogP contribution in [-0.2, 0) is 12.7 Å². The highest BCUT2D eigenvalue weighted by Crippen LogP contribution is 2.29. The van der Waals surface area contributed by atoms with Crippen molar-refractivity contribution >= 4 is 29.3 Å². The van der Waals surface area contributed by atoms with E-state index in [0.717, 1.165) is 24.4 Å². The van der Waals surface area contributed by atoms with Crippen LogP contribution in [0, 0.1) is 0 Å². The summed E-state index contributed by atoms with van der Waals surface area (Å²) in [6.45, 7) is 3.38. The molecule has 2 aromatic heterocycles. The second-order valence-corrected chi connectivity index (χ2v) is 8.57. The Morgan fingerprint density at radius 1 is 0.950 bits per heavy atom. The van der Waals surface area contributed by atoms with Crippen molar-refractivity contribution < 1.29 is 40.7 Å². The van der Waals surface area contributed by atoms with E-state index >= 15 is 0 Å². The van der Waals surface area contributed by atoms with E-state index in [4.69, 9.17) is 0 Å². The number of anilines is 3. The van der Waals surface area contributed by atoms with Gasteiger partial charge >= 0.3 is 18.6 Å². The van der Waals surface area contributed by atoms with Crippen molar-refractivity contribution in [2.75, 3.05) is 41.7 Å². The minimum absolute atomic E-state index is 0.0762. The molecule has 2 N–H and O–H groups in total. The van der Waals surface area contributed by atoms with Gasteiger partial charge in [0.2, 0.25) is 5.82 Å². The number of benzene rings is 1. The predicted molar refractivity (Wildman–Crippen MR) is 131 cm³/mol. The first-order chi connectivity index (χ1) is 18.8. The Morgan fingerprint density at radius 3 is 2.17 bits per heavy atom. The zero-order chi connectivity index (χ0) is 29.1. The SMILES string of the molecule is CCn1cc(NC(=O)Nc2ccc(OC(F)(F)F)cc2)nc1C(=O)N1CCN(c2ccc(C(F)(F)F)cn2)CC1. The van der Waals surface area contributed by atoms with Crippen LogP contribution in [0.3, 0.4) is 0 Å². The maximum absolute atomic E-state index is 13.2. The number of halogens is 6. The van der Waals surface area contributed by atoms with Gasteiger partial charge in [-0.05, 0) is 43.3 Å². The Morgan fingerprint density at radius 2 is 1.62 bits per heavy atom. The van der Waals surface area contributed by atoms with Gasteiger partial charge in [0.05, 0.1) is 5.56 Å². The van der Waals surface area contributed by atoms with Crippen molar-refractivity contribution in [1.82, 2.24) is 19.4 Å². The Hall–Kier alpha value is -4.50. The fourth-order valence-electron chi connectivity index (χ4n) is 3.93. The lowest BCUT2D eigenvalue weighted by atomic mass is 10.2. The zero-order valence-corrected chi connectivity index (χ0v) is 20.9. The lowest BCUT2D eigenvalue weighted by Gasteiger charge is -2.35. The molecule has 0 unspecified atom stereocenters. The molecule has 16 heteroatoms. The maximum Gasteiger partial charge on any atom is 0.573 e. The average Bonchev–Trinajstić information content (AvgIpc) is 3.31. The third kappa shape index (κ3) is 7.12. The molecule has 0 atom stereocenters. The second kappa shape index (κ2) is 11.3. The Labute approximate surface area is 223 Å². The van der Waals surface area contributed by atoms with Crippen molar-refractivity contribution in [2.45, 2.75) is 26.0 Å². The number of nitrogens with zero attached hydrogens (tertiary/aromatic N) is 5. The summed E-state index contributed by atoms with van der Waals surface area (Å²) in [4.78, 5) is 37.0. The highest BCUT2D eigenvalue weighted by Gasteiger charge is 2.32. The van der Waals surface area contributed by atoms with Crippen molar-refractivity contribution in [2.24, 2.45) is 0 Å². The van der Waals surface area contributed by atoms with Gasteiger partial charge in [-0.25, -0.2) is 14.8 Å². The summed E-state index contributed by atoms with van der Waals surface area (Å²) in [6.07, 6.45) is -7.08. The maximum atomic E-state index is 13.2. The van der Waals surface area contributed by atoms with Crippen molar-refractivity contribution in [3.05, 3.63) is 60.2 Å².